The average Bonchev–Trinajstić information content (AvgIpc) is 2.77. The molecule has 35 heavy (non-hydrogen) atoms. The summed E-state index contributed by atoms with van der Waals surface area (Å²) in [5.74, 6) is -2.01. The molecule has 1 aliphatic rings. The fourth-order valence-corrected chi connectivity index (χ4v) is 4.14. The van der Waals surface area contributed by atoms with Crippen LogP contribution in [0.1, 0.15) is 11.7 Å². The van der Waals surface area contributed by atoms with Crippen molar-refractivity contribution in [2.45, 2.75) is 6.10 Å². The van der Waals surface area contributed by atoms with Crippen LogP contribution < -0.4 is 0 Å². The van der Waals surface area contributed by atoms with Crippen LogP contribution in [0.5, 0.6) is 5.75 Å². The number of carboxylic acid groups (broad SMARTS) is 2. The maximum atomic E-state index is 11.4. The zero-order chi connectivity index (χ0) is 25.8. The van der Waals surface area contributed by atoms with Gasteiger partial charge in [0.2, 0.25) is 0 Å². The van der Waals surface area contributed by atoms with Crippen LogP contribution in [0.2, 0.25) is 0 Å². The summed E-state index contributed by atoms with van der Waals surface area (Å²) < 4.78 is 15.9. The van der Waals surface area contributed by atoms with Crippen LogP contribution in [0.15, 0.2) is 24.3 Å². The van der Waals surface area contributed by atoms with Gasteiger partial charge in [-0.05, 0) is 6.07 Å². The number of hydrogen-bond acceptors (Lipinski definition) is 10. The van der Waals surface area contributed by atoms with Crippen molar-refractivity contribution in [2.24, 2.45) is 0 Å². The van der Waals surface area contributed by atoms with E-state index in [0.717, 1.165) is 0 Å². The Kier molecular flexibility index (Phi) is 12.6. The molecule has 0 amide bonds. The molecule has 13 nitrogen and oxygen atoms in total. The number of carbonyl (C=O) groups is 2. The highest BCUT2D eigenvalue weighted by atomic mass is 31.1. The summed E-state index contributed by atoms with van der Waals surface area (Å²) in [4.78, 5) is 38.9. The molecule has 5 N–H and O–H groups in total. The summed E-state index contributed by atoms with van der Waals surface area (Å²) in [5.41, 5.74) is 0.377. The van der Waals surface area contributed by atoms with Crippen molar-refractivity contribution in [3.63, 3.8) is 0 Å². The third-order valence-corrected chi connectivity index (χ3v) is 6.12. The van der Waals surface area contributed by atoms with E-state index in [0.29, 0.717) is 57.9 Å². The molecule has 1 aliphatic heterocycles. The fraction of sp³-hybridized carbons (Fsp3) is 0.619. The predicted octanol–water partition coefficient (Wildman–Crippen LogP) is -0.827. The van der Waals surface area contributed by atoms with Crippen molar-refractivity contribution in [3.8, 4) is 5.75 Å². The molecule has 1 heterocycles. The van der Waals surface area contributed by atoms with Gasteiger partial charge in [0, 0.05) is 64.5 Å². The largest absolute Gasteiger partial charge is 0.508 e. The summed E-state index contributed by atoms with van der Waals surface area (Å²) in [5, 5.41) is 39.4. The number of para-hydroxylation sites is 1. The molecular formula is C21H35N4O9P. The molecule has 0 spiro atoms. The number of aliphatic hydroxyl groups is 1. The highest BCUT2D eigenvalue weighted by Gasteiger charge is 2.22. The predicted molar refractivity (Wildman–Crippen MR) is 126 cm³/mol. The second kappa shape index (κ2) is 15.1. The SMILES string of the molecule is O=C(O)CN1CCN(CO[PH](=O)O)CCN(CC(=O)O)CCN(CC(O)c2ccccc2O)CC1. The first-order chi connectivity index (χ1) is 16.6. The molecule has 0 aliphatic carbocycles. The third-order valence-electron chi connectivity index (χ3n) is 5.75. The van der Waals surface area contributed by atoms with E-state index in [1.807, 2.05) is 4.90 Å². The molecular weight excluding hydrogens is 483 g/mol. The highest BCUT2D eigenvalue weighted by Crippen LogP contribution is 2.24. The van der Waals surface area contributed by atoms with Gasteiger partial charge in [-0.1, -0.05) is 18.2 Å². The normalized spacial score (nSPS) is 19.9. The van der Waals surface area contributed by atoms with Crippen molar-refractivity contribution in [2.75, 3.05) is 78.7 Å². The van der Waals surface area contributed by atoms with Gasteiger partial charge in [-0.15, -0.1) is 0 Å². The Bertz CT molecular complexity index is 815. The Labute approximate surface area is 204 Å². The second-order valence-corrected chi connectivity index (χ2v) is 9.19. The molecule has 0 bridgehead atoms. The van der Waals surface area contributed by atoms with Crippen LogP contribution in [0.25, 0.3) is 0 Å². The summed E-state index contributed by atoms with van der Waals surface area (Å²) in [6.07, 6.45) is -0.987. The molecule has 1 aromatic rings. The minimum absolute atomic E-state index is 0.0258. The monoisotopic (exact) mass is 518 g/mol. The van der Waals surface area contributed by atoms with Crippen molar-refractivity contribution >= 4 is 20.2 Å². The number of rotatable bonds is 10. The second-order valence-electron chi connectivity index (χ2n) is 8.37. The van der Waals surface area contributed by atoms with Crippen LogP contribution in [0.4, 0.5) is 0 Å². The van der Waals surface area contributed by atoms with Crippen LogP contribution in [0.3, 0.4) is 0 Å². The van der Waals surface area contributed by atoms with Crippen molar-refractivity contribution in [3.05, 3.63) is 29.8 Å². The first kappa shape index (κ1) is 29.1. The minimum Gasteiger partial charge on any atom is -0.508 e. The molecule has 198 valence electrons. The van der Waals surface area contributed by atoms with Crippen molar-refractivity contribution in [1.29, 1.82) is 0 Å². The number of aromatic hydroxyl groups is 1. The van der Waals surface area contributed by atoms with Gasteiger partial charge in [-0.2, -0.15) is 0 Å². The summed E-state index contributed by atoms with van der Waals surface area (Å²) in [6.45, 7) is 2.56. The van der Waals surface area contributed by atoms with E-state index in [2.05, 4.69) is 0 Å². The van der Waals surface area contributed by atoms with E-state index in [1.54, 1.807) is 32.9 Å². The molecule has 14 heteroatoms. The smallest absolute Gasteiger partial charge is 0.317 e. The Morgan fingerprint density at radius 3 is 1.77 bits per heavy atom. The number of aliphatic hydroxyl groups excluding tert-OH is 1. The zero-order valence-electron chi connectivity index (χ0n) is 19.5. The number of benzene rings is 1. The molecule has 0 saturated carbocycles. The lowest BCUT2D eigenvalue weighted by Crippen LogP contribution is -2.48. The van der Waals surface area contributed by atoms with Crippen LogP contribution >= 0.6 is 8.25 Å². The van der Waals surface area contributed by atoms with Gasteiger partial charge >= 0.3 is 20.2 Å². The van der Waals surface area contributed by atoms with Gasteiger partial charge in [0.25, 0.3) is 0 Å². The molecule has 0 aromatic heterocycles. The van der Waals surface area contributed by atoms with Gasteiger partial charge in [0.15, 0.2) is 0 Å². The number of aliphatic carboxylic acids is 2. The number of nitrogens with zero attached hydrogens (tertiary/aromatic N) is 4. The molecule has 0 radical (unpaired) electrons. The molecule has 2 atom stereocenters. The highest BCUT2D eigenvalue weighted by molar-refractivity contribution is 7.32. The van der Waals surface area contributed by atoms with Crippen molar-refractivity contribution < 1.29 is 44.0 Å². The number of β-amino-alcohol motifs (C(OH)–C–C–N with tert-alkyl or cyclic N) is 1. The Hall–Kier alpha value is -2.09. The van der Waals surface area contributed by atoms with E-state index >= 15 is 0 Å². The Balaban J connectivity index is 2.16. The van der Waals surface area contributed by atoms with Gasteiger partial charge < -0.3 is 25.3 Å². The average molecular weight is 519 g/mol. The van der Waals surface area contributed by atoms with E-state index in [9.17, 15) is 34.6 Å². The summed E-state index contributed by atoms with van der Waals surface area (Å²) >= 11 is 0. The standard InChI is InChI=1S/C21H35N4O9P/c26-18-4-2-1-3-17(18)19(27)13-22-5-7-23(14-20(28)29)9-11-25(16-34-35(32)33)12-10-24(8-6-22)15-21(30)31/h1-4,19,26-27,35H,5-16H2,(H,28,29)(H,30,31)(H,32,33). The Morgan fingerprint density at radius 2 is 1.31 bits per heavy atom. The lowest BCUT2D eigenvalue weighted by Gasteiger charge is -2.34. The summed E-state index contributed by atoms with van der Waals surface area (Å²) in [6, 6.07) is 6.48. The number of phenolic OH excluding ortho intramolecular Hbond substituents is 1. The van der Waals surface area contributed by atoms with E-state index in [4.69, 9.17) is 9.42 Å². The number of phenols is 1. The lowest BCUT2D eigenvalue weighted by atomic mass is 10.1. The fourth-order valence-electron chi connectivity index (χ4n) is 3.85. The van der Waals surface area contributed by atoms with Gasteiger partial charge in [-0.25, -0.2) is 0 Å². The summed E-state index contributed by atoms with van der Waals surface area (Å²) in [7, 11) is -3.15. The molecule has 1 aromatic carbocycles. The maximum Gasteiger partial charge on any atom is 0.317 e. The van der Waals surface area contributed by atoms with Crippen LogP contribution in [0, 0.1) is 0 Å². The minimum atomic E-state index is -3.15. The first-order valence-electron chi connectivity index (χ1n) is 11.3. The van der Waals surface area contributed by atoms with Gasteiger partial charge in [0.05, 0.1) is 19.2 Å². The lowest BCUT2D eigenvalue weighted by molar-refractivity contribution is -0.139. The molecule has 2 unspecified atom stereocenters. The Morgan fingerprint density at radius 1 is 0.857 bits per heavy atom. The topological polar surface area (TPSA) is 175 Å². The number of hydrogen-bond donors (Lipinski definition) is 5. The van der Waals surface area contributed by atoms with Crippen LogP contribution in [-0.2, 0) is 18.7 Å². The third kappa shape index (κ3) is 11.5. The van der Waals surface area contributed by atoms with E-state index in [1.165, 1.54) is 6.07 Å². The van der Waals surface area contributed by atoms with Gasteiger partial charge in [-0.3, -0.25) is 38.3 Å². The number of carboxylic acids is 2. The molecule has 1 saturated heterocycles. The van der Waals surface area contributed by atoms with E-state index < -0.39 is 26.3 Å². The molecule has 2 rings (SSSR count). The zero-order valence-corrected chi connectivity index (χ0v) is 20.5. The van der Waals surface area contributed by atoms with Crippen LogP contribution in [-0.4, -0.2) is 136 Å². The van der Waals surface area contributed by atoms with Gasteiger partial charge in [0.1, 0.15) is 12.5 Å². The quantitative estimate of drug-likeness (QED) is 0.243. The molecule has 1 fully saturated rings. The first-order valence-corrected chi connectivity index (χ1v) is 12.5. The maximum absolute atomic E-state index is 11.4. The van der Waals surface area contributed by atoms with E-state index in [-0.39, 0.29) is 32.1 Å². The van der Waals surface area contributed by atoms with Crippen molar-refractivity contribution in [1.82, 2.24) is 19.6 Å².